The lowest BCUT2D eigenvalue weighted by atomic mass is 10.3. The van der Waals surface area contributed by atoms with Crippen molar-refractivity contribution in [2.75, 3.05) is 20.4 Å². The molecule has 0 saturated carbocycles. The van der Waals surface area contributed by atoms with Crippen LogP contribution in [0.2, 0.25) is 0 Å². The van der Waals surface area contributed by atoms with Crippen LogP contribution in [0, 0.1) is 0 Å². The molecule has 0 aromatic heterocycles. The average molecular weight is 251 g/mol. The van der Waals surface area contributed by atoms with Gasteiger partial charge in [0.05, 0.1) is 12.4 Å². The van der Waals surface area contributed by atoms with Crippen LogP contribution >= 0.6 is 11.8 Å². The van der Waals surface area contributed by atoms with E-state index in [0.717, 1.165) is 22.5 Å². The van der Waals surface area contributed by atoms with Gasteiger partial charge in [-0.1, -0.05) is 11.8 Å². The minimum atomic E-state index is 0.781. The maximum absolute atomic E-state index is 4.50. The minimum Gasteiger partial charge on any atom is -0.305 e. The molecule has 0 fully saturated rings. The van der Waals surface area contributed by atoms with Crippen molar-refractivity contribution in [2.24, 2.45) is 9.98 Å². The molecule has 0 aliphatic carbocycles. The molecule has 2 N–H and O–H groups in total. The number of nitrogens with one attached hydrogen (secondary N) is 2. The van der Waals surface area contributed by atoms with E-state index >= 15 is 0 Å². The lowest BCUT2D eigenvalue weighted by molar-refractivity contribution is 0.0677. The summed E-state index contributed by atoms with van der Waals surface area (Å²) in [6.07, 6.45) is 5.81. The topological polar surface area (TPSA) is 58.5 Å². The Bertz CT molecular complexity index is 478. The molecule has 3 heterocycles. The number of aliphatic imine (C=N–C) groups is 2. The summed E-state index contributed by atoms with van der Waals surface area (Å²) in [6, 6.07) is 0. The Morgan fingerprint density at radius 3 is 2.94 bits per heavy atom. The van der Waals surface area contributed by atoms with Crippen LogP contribution in [0.5, 0.6) is 0 Å². The van der Waals surface area contributed by atoms with Crippen molar-refractivity contribution < 1.29 is 0 Å². The van der Waals surface area contributed by atoms with Crippen LogP contribution in [0.25, 0.3) is 0 Å². The summed E-state index contributed by atoms with van der Waals surface area (Å²) in [5.41, 5.74) is 7.06. The first kappa shape index (κ1) is 10.6. The fourth-order valence-corrected chi connectivity index (χ4v) is 2.24. The molecule has 0 radical (unpaired) electrons. The third kappa shape index (κ3) is 1.45. The fraction of sp³-hybridized carbons (Fsp3) is 0.333. The summed E-state index contributed by atoms with van der Waals surface area (Å²) < 4.78 is 0. The van der Waals surface area contributed by atoms with Crippen molar-refractivity contribution in [1.82, 2.24) is 26.0 Å². The number of hydrogen-bond acceptors (Lipinski definition) is 8. The molecular formula is C9H13N7S. The summed E-state index contributed by atoms with van der Waals surface area (Å²) in [6.45, 7) is 0. The van der Waals surface area contributed by atoms with Crippen LogP contribution < -0.4 is 10.9 Å². The molecule has 90 valence electrons. The molecule has 0 spiro atoms. The van der Waals surface area contributed by atoms with Gasteiger partial charge in [-0.2, -0.15) is 0 Å². The SMILES string of the molecule is CNN1C=C2N=C(SC)N=C2N2C1=CNN2C. The highest BCUT2D eigenvalue weighted by Crippen LogP contribution is 2.29. The molecule has 0 unspecified atom stereocenters. The molecule has 0 bridgehead atoms. The summed E-state index contributed by atoms with van der Waals surface area (Å²) in [4.78, 5) is 8.95. The molecule has 3 aliphatic rings. The van der Waals surface area contributed by atoms with Gasteiger partial charge in [0, 0.05) is 14.1 Å². The fourth-order valence-electron chi connectivity index (χ4n) is 1.87. The highest BCUT2D eigenvalue weighted by molar-refractivity contribution is 8.13. The zero-order valence-corrected chi connectivity index (χ0v) is 10.6. The molecule has 8 heteroatoms. The molecule has 0 aromatic carbocycles. The van der Waals surface area contributed by atoms with Gasteiger partial charge in [-0.05, 0) is 6.26 Å². The average Bonchev–Trinajstić information content (AvgIpc) is 2.91. The van der Waals surface area contributed by atoms with E-state index < -0.39 is 0 Å². The lowest BCUT2D eigenvalue weighted by Crippen LogP contribution is -2.50. The van der Waals surface area contributed by atoms with Gasteiger partial charge < -0.3 is 5.43 Å². The van der Waals surface area contributed by atoms with Gasteiger partial charge in [0.1, 0.15) is 5.70 Å². The van der Waals surface area contributed by atoms with Gasteiger partial charge >= 0.3 is 0 Å². The van der Waals surface area contributed by atoms with E-state index in [0.29, 0.717) is 0 Å². The van der Waals surface area contributed by atoms with Crippen LogP contribution in [-0.2, 0) is 0 Å². The monoisotopic (exact) mass is 251 g/mol. The van der Waals surface area contributed by atoms with Crippen LogP contribution in [0.3, 0.4) is 0 Å². The van der Waals surface area contributed by atoms with Gasteiger partial charge in [-0.3, -0.25) is 5.01 Å². The van der Waals surface area contributed by atoms with E-state index in [-0.39, 0.29) is 0 Å². The first-order valence-electron chi connectivity index (χ1n) is 5.15. The second-order valence-corrected chi connectivity index (χ2v) is 4.38. The van der Waals surface area contributed by atoms with Crippen LogP contribution in [-0.4, -0.2) is 46.5 Å². The molecule has 7 nitrogen and oxygen atoms in total. The smallest absolute Gasteiger partial charge is 0.190 e. The van der Waals surface area contributed by atoms with Crippen molar-refractivity contribution in [1.29, 1.82) is 0 Å². The molecular weight excluding hydrogens is 238 g/mol. The Kier molecular flexibility index (Phi) is 2.35. The Labute approximate surface area is 103 Å². The van der Waals surface area contributed by atoms with Gasteiger partial charge in [0.15, 0.2) is 16.8 Å². The van der Waals surface area contributed by atoms with Gasteiger partial charge in [-0.25, -0.2) is 20.4 Å². The Morgan fingerprint density at radius 2 is 2.24 bits per heavy atom. The summed E-state index contributed by atoms with van der Waals surface area (Å²) in [5.74, 6) is 1.81. The summed E-state index contributed by atoms with van der Waals surface area (Å²) >= 11 is 1.54. The van der Waals surface area contributed by atoms with Gasteiger partial charge in [-0.15, -0.1) is 5.12 Å². The van der Waals surface area contributed by atoms with Crippen LogP contribution in [0.15, 0.2) is 33.9 Å². The van der Waals surface area contributed by atoms with Crippen molar-refractivity contribution >= 4 is 22.8 Å². The Morgan fingerprint density at radius 1 is 1.41 bits per heavy atom. The molecule has 17 heavy (non-hydrogen) atoms. The standard InChI is InChI=1S/C9H13N7S/c1-10-15-5-6-8(13-9(12-6)17-3)16-7(15)4-11-14(16)2/h4-5,10-11H,1-3H3. The van der Waals surface area contributed by atoms with Crippen molar-refractivity contribution in [3.63, 3.8) is 0 Å². The molecule has 0 saturated heterocycles. The first-order chi connectivity index (χ1) is 8.24. The lowest BCUT2D eigenvalue weighted by Gasteiger charge is -2.35. The van der Waals surface area contributed by atoms with E-state index in [1.54, 1.807) is 11.8 Å². The number of hydrazine groups is 3. The highest BCUT2D eigenvalue weighted by atomic mass is 32.2. The second-order valence-electron chi connectivity index (χ2n) is 3.61. The van der Waals surface area contributed by atoms with Gasteiger partial charge in [0.2, 0.25) is 0 Å². The van der Waals surface area contributed by atoms with Crippen LogP contribution in [0.1, 0.15) is 0 Å². The number of nitrogens with zero attached hydrogens (tertiary/aromatic N) is 5. The van der Waals surface area contributed by atoms with Crippen molar-refractivity contribution in [2.45, 2.75) is 0 Å². The van der Waals surface area contributed by atoms with Gasteiger partial charge in [0.25, 0.3) is 0 Å². The van der Waals surface area contributed by atoms with E-state index in [9.17, 15) is 0 Å². The highest BCUT2D eigenvalue weighted by Gasteiger charge is 2.37. The quantitative estimate of drug-likeness (QED) is 0.677. The second kappa shape index (κ2) is 3.76. The van der Waals surface area contributed by atoms with Crippen molar-refractivity contribution in [3.8, 4) is 0 Å². The van der Waals surface area contributed by atoms with E-state index in [1.807, 2.05) is 47.9 Å². The molecule has 3 rings (SSSR count). The predicted octanol–water partition coefficient (Wildman–Crippen LogP) is -0.125. The van der Waals surface area contributed by atoms with E-state index in [2.05, 4.69) is 20.8 Å². The third-order valence-corrected chi connectivity index (χ3v) is 3.21. The zero-order valence-electron chi connectivity index (χ0n) is 9.80. The normalized spacial score (nSPS) is 22.5. The molecule has 0 amide bonds. The number of amidine groups is 2. The molecule has 0 aromatic rings. The number of hydrogen-bond donors (Lipinski definition) is 2. The summed E-state index contributed by atoms with van der Waals surface area (Å²) in [5, 5.41) is 6.52. The zero-order chi connectivity index (χ0) is 12.0. The Balaban J connectivity index is 2.06. The number of fused-ring (bicyclic) bond motifs is 3. The summed E-state index contributed by atoms with van der Waals surface area (Å²) in [7, 11) is 3.80. The number of thioether (sulfide) groups is 1. The largest absolute Gasteiger partial charge is 0.305 e. The van der Waals surface area contributed by atoms with E-state index in [4.69, 9.17) is 0 Å². The maximum atomic E-state index is 4.50. The predicted molar refractivity (Wildman–Crippen MR) is 68.2 cm³/mol. The van der Waals surface area contributed by atoms with Crippen LogP contribution in [0.4, 0.5) is 0 Å². The van der Waals surface area contributed by atoms with E-state index in [1.165, 1.54) is 0 Å². The third-order valence-electron chi connectivity index (χ3n) is 2.67. The molecule has 3 aliphatic heterocycles. The maximum Gasteiger partial charge on any atom is 0.190 e. The number of rotatable bonds is 1. The first-order valence-corrected chi connectivity index (χ1v) is 6.37. The molecule has 0 atom stereocenters. The van der Waals surface area contributed by atoms with Crippen molar-refractivity contribution in [3.05, 3.63) is 23.9 Å². The Hall–Kier alpha value is -1.51. The minimum absolute atomic E-state index is 0.781.